The van der Waals surface area contributed by atoms with Crippen molar-refractivity contribution >= 4 is 5.97 Å². The Morgan fingerprint density at radius 1 is 1.78 bits per heavy atom. The van der Waals surface area contributed by atoms with Gasteiger partial charge in [-0.2, -0.15) is 0 Å². The summed E-state index contributed by atoms with van der Waals surface area (Å²) in [6.07, 6.45) is 2.08. The number of hydrogen-bond donors (Lipinski definition) is 1. The van der Waals surface area contributed by atoms with E-state index >= 15 is 0 Å². The molecule has 9 heavy (non-hydrogen) atoms. The second kappa shape index (κ2) is 2.82. The Morgan fingerprint density at radius 2 is 2.56 bits per heavy atom. The van der Waals surface area contributed by atoms with Crippen molar-refractivity contribution < 1.29 is 14.6 Å². The molecule has 1 fully saturated rings. The summed E-state index contributed by atoms with van der Waals surface area (Å²) in [4.78, 5) is 10.1. The van der Waals surface area contributed by atoms with Crippen LogP contribution in [-0.2, 0) is 9.53 Å². The fourth-order valence-corrected chi connectivity index (χ4v) is 1.00. The molecule has 0 aromatic carbocycles. The lowest BCUT2D eigenvalue weighted by Gasteiger charge is -2.02. The fourth-order valence-electron chi connectivity index (χ4n) is 1.00. The summed E-state index contributed by atoms with van der Waals surface area (Å²) in [6.45, 7) is 0.734. The minimum atomic E-state index is -0.762. The predicted octanol–water partition coefficient (Wildman–Crippen LogP) is 0.640. The molecule has 1 N–H and O–H groups in total. The zero-order valence-electron chi connectivity index (χ0n) is 5.17. The van der Waals surface area contributed by atoms with Crippen molar-refractivity contribution in [2.24, 2.45) is 0 Å². The van der Waals surface area contributed by atoms with Crippen LogP contribution < -0.4 is 0 Å². The average Bonchev–Trinajstić information content (AvgIpc) is 2.15. The van der Waals surface area contributed by atoms with Crippen molar-refractivity contribution in [3.05, 3.63) is 0 Å². The molecule has 0 aliphatic carbocycles. The molecule has 1 saturated heterocycles. The zero-order valence-corrected chi connectivity index (χ0v) is 5.17. The van der Waals surface area contributed by atoms with Crippen molar-refractivity contribution in [1.82, 2.24) is 0 Å². The Hall–Kier alpha value is -0.570. The molecule has 52 valence electrons. The predicted molar refractivity (Wildman–Crippen MR) is 31.2 cm³/mol. The van der Waals surface area contributed by atoms with E-state index < -0.39 is 5.97 Å². The Labute approximate surface area is 53.6 Å². The van der Waals surface area contributed by atoms with E-state index in [1.165, 1.54) is 0 Å². The van der Waals surface area contributed by atoms with Crippen LogP contribution in [-0.4, -0.2) is 23.8 Å². The summed E-state index contributed by atoms with van der Waals surface area (Å²) in [7, 11) is 0. The molecule has 3 heteroatoms. The number of carboxylic acid groups (broad SMARTS) is 1. The SMILES string of the molecule is O=C(O)CC1CCCO1. The maximum Gasteiger partial charge on any atom is 0.305 e. The summed E-state index contributed by atoms with van der Waals surface area (Å²) in [5.74, 6) is -0.762. The van der Waals surface area contributed by atoms with E-state index in [1.54, 1.807) is 0 Å². The number of carboxylic acids is 1. The van der Waals surface area contributed by atoms with Crippen molar-refractivity contribution in [3.8, 4) is 0 Å². The lowest BCUT2D eigenvalue weighted by Crippen LogP contribution is -2.10. The first-order valence-corrected chi connectivity index (χ1v) is 3.12. The van der Waals surface area contributed by atoms with Gasteiger partial charge in [0.15, 0.2) is 0 Å². The second-order valence-electron chi connectivity index (χ2n) is 2.23. The van der Waals surface area contributed by atoms with Crippen molar-refractivity contribution in [1.29, 1.82) is 0 Å². The van der Waals surface area contributed by atoms with Gasteiger partial charge in [0.25, 0.3) is 0 Å². The van der Waals surface area contributed by atoms with Gasteiger partial charge >= 0.3 is 5.97 Å². The third-order valence-corrected chi connectivity index (χ3v) is 1.43. The van der Waals surface area contributed by atoms with Crippen LogP contribution in [0.15, 0.2) is 0 Å². The van der Waals surface area contributed by atoms with E-state index in [4.69, 9.17) is 9.84 Å². The molecule has 0 saturated carbocycles. The molecular weight excluding hydrogens is 120 g/mol. The van der Waals surface area contributed by atoms with Crippen molar-refractivity contribution in [2.75, 3.05) is 6.61 Å². The highest BCUT2D eigenvalue weighted by Crippen LogP contribution is 2.14. The van der Waals surface area contributed by atoms with E-state index in [-0.39, 0.29) is 12.5 Å². The van der Waals surface area contributed by atoms with Crippen LogP contribution in [0, 0.1) is 0 Å². The highest BCUT2D eigenvalue weighted by molar-refractivity contribution is 5.67. The van der Waals surface area contributed by atoms with Crippen LogP contribution in [0.1, 0.15) is 19.3 Å². The molecule has 1 aliphatic rings. The molecule has 1 aliphatic heterocycles. The van der Waals surface area contributed by atoms with Gasteiger partial charge < -0.3 is 9.84 Å². The van der Waals surface area contributed by atoms with E-state index in [9.17, 15) is 4.79 Å². The van der Waals surface area contributed by atoms with Crippen LogP contribution >= 0.6 is 0 Å². The lowest BCUT2D eigenvalue weighted by molar-refractivity contribution is -0.139. The lowest BCUT2D eigenvalue weighted by atomic mass is 10.2. The Bertz CT molecular complexity index is 105. The van der Waals surface area contributed by atoms with Gasteiger partial charge in [-0.3, -0.25) is 4.79 Å². The van der Waals surface area contributed by atoms with Gasteiger partial charge in [0, 0.05) is 6.61 Å². The normalized spacial score (nSPS) is 26.4. The van der Waals surface area contributed by atoms with E-state index in [2.05, 4.69) is 0 Å². The van der Waals surface area contributed by atoms with Gasteiger partial charge in [-0.15, -0.1) is 0 Å². The van der Waals surface area contributed by atoms with Crippen LogP contribution in [0.3, 0.4) is 0 Å². The van der Waals surface area contributed by atoms with Crippen LogP contribution in [0.25, 0.3) is 0 Å². The summed E-state index contributed by atoms with van der Waals surface area (Å²) in [5.41, 5.74) is 0. The van der Waals surface area contributed by atoms with Crippen molar-refractivity contribution in [3.63, 3.8) is 0 Å². The third kappa shape index (κ3) is 2.01. The topological polar surface area (TPSA) is 46.5 Å². The molecule has 0 aromatic rings. The maximum absolute atomic E-state index is 10.1. The first kappa shape index (κ1) is 6.55. The molecule has 1 unspecified atom stereocenters. The molecule has 1 atom stereocenters. The van der Waals surface area contributed by atoms with Gasteiger partial charge in [-0.1, -0.05) is 0 Å². The van der Waals surface area contributed by atoms with Gasteiger partial charge in [-0.05, 0) is 12.8 Å². The number of carbonyl (C=O) groups is 1. The molecule has 0 spiro atoms. The molecular formula is C6H10O3. The first-order chi connectivity index (χ1) is 4.29. The Balaban J connectivity index is 2.19. The third-order valence-electron chi connectivity index (χ3n) is 1.43. The minimum Gasteiger partial charge on any atom is -0.481 e. The van der Waals surface area contributed by atoms with Gasteiger partial charge in [0.1, 0.15) is 0 Å². The summed E-state index contributed by atoms with van der Waals surface area (Å²) in [5, 5.41) is 8.29. The van der Waals surface area contributed by atoms with E-state index in [1.807, 2.05) is 0 Å². The quantitative estimate of drug-likeness (QED) is 0.596. The van der Waals surface area contributed by atoms with Crippen molar-refractivity contribution in [2.45, 2.75) is 25.4 Å². The monoisotopic (exact) mass is 130 g/mol. The molecule has 1 rings (SSSR count). The zero-order chi connectivity index (χ0) is 6.69. The van der Waals surface area contributed by atoms with Gasteiger partial charge in [-0.25, -0.2) is 0 Å². The van der Waals surface area contributed by atoms with Crippen LogP contribution in [0.4, 0.5) is 0 Å². The molecule has 3 nitrogen and oxygen atoms in total. The van der Waals surface area contributed by atoms with E-state index in [0.29, 0.717) is 0 Å². The summed E-state index contributed by atoms with van der Waals surface area (Å²) < 4.78 is 5.08. The average molecular weight is 130 g/mol. The summed E-state index contributed by atoms with van der Waals surface area (Å²) in [6, 6.07) is 0. The molecule has 0 radical (unpaired) electrons. The number of aliphatic carboxylic acids is 1. The Kier molecular flexibility index (Phi) is 2.05. The van der Waals surface area contributed by atoms with Gasteiger partial charge in [0.05, 0.1) is 12.5 Å². The van der Waals surface area contributed by atoms with E-state index in [0.717, 1.165) is 19.4 Å². The maximum atomic E-state index is 10.1. The van der Waals surface area contributed by atoms with Crippen LogP contribution in [0.2, 0.25) is 0 Å². The number of ether oxygens (including phenoxy) is 1. The van der Waals surface area contributed by atoms with Gasteiger partial charge in [0.2, 0.25) is 0 Å². The summed E-state index contributed by atoms with van der Waals surface area (Å²) >= 11 is 0. The van der Waals surface area contributed by atoms with Crippen LogP contribution in [0.5, 0.6) is 0 Å². The molecule has 0 amide bonds. The highest BCUT2D eigenvalue weighted by Gasteiger charge is 2.17. The highest BCUT2D eigenvalue weighted by atomic mass is 16.5. The smallest absolute Gasteiger partial charge is 0.305 e. The molecule has 1 heterocycles. The molecule has 0 bridgehead atoms. The minimum absolute atomic E-state index is 0.0116. The largest absolute Gasteiger partial charge is 0.481 e. The second-order valence-corrected chi connectivity index (χ2v) is 2.23. The standard InChI is InChI=1S/C6H10O3/c7-6(8)4-5-2-1-3-9-5/h5H,1-4H2,(H,7,8). The molecule has 0 aromatic heterocycles. The Morgan fingerprint density at radius 3 is 3.00 bits per heavy atom. The number of rotatable bonds is 2. The first-order valence-electron chi connectivity index (χ1n) is 3.12. The number of hydrogen-bond acceptors (Lipinski definition) is 2. The fraction of sp³-hybridized carbons (Fsp3) is 0.833.